The van der Waals surface area contributed by atoms with Crippen LogP contribution in [0.1, 0.15) is 79.4 Å². The Morgan fingerprint density at radius 3 is 1.81 bits per heavy atom. The summed E-state index contributed by atoms with van der Waals surface area (Å²) in [6, 6.07) is 12.3. The van der Waals surface area contributed by atoms with E-state index in [2.05, 4.69) is 64.7 Å². The minimum atomic E-state index is -0.400. The molecule has 0 amide bonds. The van der Waals surface area contributed by atoms with Crippen molar-refractivity contribution in [3.63, 3.8) is 0 Å². The molecule has 8 rings (SSSR count). The lowest BCUT2D eigenvalue weighted by Gasteiger charge is -2.19. The van der Waals surface area contributed by atoms with Gasteiger partial charge in [-0.15, -0.1) is 0 Å². The highest BCUT2D eigenvalue weighted by molar-refractivity contribution is 6.44. The first-order valence-electron chi connectivity index (χ1n) is 17.0. The predicted molar refractivity (Wildman–Crippen MR) is 198 cm³/mol. The fraction of sp³-hybridized carbons (Fsp3) is 0.350. The van der Waals surface area contributed by atoms with E-state index in [1.54, 1.807) is 0 Å². The summed E-state index contributed by atoms with van der Waals surface area (Å²) in [5.74, 6) is -0.197. The van der Waals surface area contributed by atoms with Crippen LogP contribution in [0.15, 0.2) is 50.8 Å². The van der Waals surface area contributed by atoms with Crippen LogP contribution >= 0.6 is 0 Å². The SMILES string of the molecule is CCCn1c(O)c2c3nc4cc(C(C)(C)C)ccc4c3c3c(=O)n(CCC)c(=O)c4c5c6ccc(C(C)(C)C)cc6[nH]c5c(c1=O)c2c34. The van der Waals surface area contributed by atoms with Crippen LogP contribution in [0.5, 0.6) is 5.88 Å². The fourth-order valence-electron chi connectivity index (χ4n) is 7.84. The van der Waals surface area contributed by atoms with Crippen LogP contribution in [0.3, 0.4) is 0 Å². The van der Waals surface area contributed by atoms with Crippen molar-refractivity contribution in [2.45, 2.75) is 92.2 Å². The Morgan fingerprint density at radius 1 is 0.646 bits per heavy atom. The Balaban J connectivity index is 1.77. The van der Waals surface area contributed by atoms with Gasteiger partial charge < -0.3 is 10.1 Å². The lowest BCUT2D eigenvalue weighted by atomic mass is 9.86. The third kappa shape index (κ3) is 3.83. The van der Waals surface area contributed by atoms with E-state index in [-0.39, 0.29) is 28.8 Å². The van der Waals surface area contributed by atoms with E-state index in [0.717, 1.165) is 27.4 Å². The number of pyridine rings is 2. The molecular formula is C40H40N4O4. The first-order chi connectivity index (χ1) is 22.7. The van der Waals surface area contributed by atoms with E-state index in [1.165, 1.54) is 9.13 Å². The number of aromatic hydroxyl groups is 1. The average molecular weight is 641 g/mol. The molecule has 0 bridgehead atoms. The van der Waals surface area contributed by atoms with E-state index < -0.39 is 11.1 Å². The van der Waals surface area contributed by atoms with Crippen molar-refractivity contribution in [3.8, 4) is 5.88 Å². The van der Waals surface area contributed by atoms with Gasteiger partial charge in [-0.05, 0) is 46.9 Å². The second kappa shape index (κ2) is 9.78. The highest BCUT2D eigenvalue weighted by atomic mass is 16.3. The molecule has 4 aromatic heterocycles. The molecule has 0 saturated heterocycles. The Labute approximate surface area is 276 Å². The van der Waals surface area contributed by atoms with Crippen molar-refractivity contribution in [2.75, 3.05) is 0 Å². The molecule has 0 fully saturated rings. The van der Waals surface area contributed by atoms with E-state index in [1.807, 2.05) is 32.0 Å². The predicted octanol–water partition coefficient (Wildman–Crippen LogP) is 8.16. The summed E-state index contributed by atoms with van der Waals surface area (Å²) in [7, 11) is 0. The molecule has 0 aliphatic rings. The van der Waals surface area contributed by atoms with Crippen molar-refractivity contribution < 1.29 is 5.11 Å². The van der Waals surface area contributed by atoms with Crippen LogP contribution in [0, 0.1) is 0 Å². The van der Waals surface area contributed by atoms with Crippen molar-refractivity contribution in [2.24, 2.45) is 0 Å². The van der Waals surface area contributed by atoms with E-state index in [4.69, 9.17) is 4.98 Å². The number of aromatic amines is 1. The normalized spacial score (nSPS) is 13.2. The minimum absolute atomic E-state index is 0.129. The Hall–Kier alpha value is -4.98. The zero-order valence-corrected chi connectivity index (χ0v) is 28.8. The molecule has 0 spiro atoms. The summed E-state index contributed by atoms with van der Waals surface area (Å²) in [6.07, 6.45) is 1.21. The van der Waals surface area contributed by atoms with Gasteiger partial charge in [0.1, 0.15) is 0 Å². The molecule has 4 aromatic carbocycles. The largest absolute Gasteiger partial charge is 0.494 e. The topological polar surface area (TPSA) is 110 Å². The number of aromatic nitrogens is 4. The highest BCUT2D eigenvalue weighted by Gasteiger charge is 2.31. The first-order valence-corrected chi connectivity index (χ1v) is 17.0. The number of hydrogen-bond acceptors (Lipinski definition) is 5. The number of fused-ring (bicyclic) bond motifs is 10. The summed E-state index contributed by atoms with van der Waals surface area (Å²) < 4.78 is 2.76. The monoisotopic (exact) mass is 640 g/mol. The summed E-state index contributed by atoms with van der Waals surface area (Å²) in [5.41, 5.74) is 3.27. The van der Waals surface area contributed by atoms with E-state index in [0.29, 0.717) is 79.0 Å². The average Bonchev–Trinajstić information content (AvgIpc) is 3.59. The number of nitrogens with one attached hydrogen (secondary N) is 1. The molecular weight excluding hydrogens is 600 g/mol. The number of hydrogen-bond donors (Lipinski definition) is 2. The molecule has 8 heteroatoms. The summed E-state index contributed by atoms with van der Waals surface area (Å²) in [6.45, 7) is 17.3. The van der Waals surface area contributed by atoms with E-state index >= 15 is 0 Å². The minimum Gasteiger partial charge on any atom is -0.494 e. The van der Waals surface area contributed by atoms with E-state index in [9.17, 15) is 19.5 Å². The van der Waals surface area contributed by atoms with Gasteiger partial charge in [0.15, 0.2) is 0 Å². The molecule has 0 aliphatic heterocycles. The standard InChI is InChI=1S/C40H40N4O4/c1-9-15-43-35(45)29-25-21-13-11-19(39(3,4)5)17-23(21)41-33(25)31-28-27(29)30(36(43)46)26-22-14-12-20(40(6,7)8)18-24(22)42-34(26)32(28)38(48)44(16-10-2)37(31)47/h11-14,17-18,41,48H,9-10,15-16H2,1-8H3. The zero-order valence-electron chi connectivity index (χ0n) is 28.8. The van der Waals surface area contributed by atoms with Gasteiger partial charge in [0.2, 0.25) is 5.88 Å². The smallest absolute Gasteiger partial charge is 0.263 e. The van der Waals surface area contributed by atoms with Gasteiger partial charge in [-0.25, -0.2) is 4.98 Å². The third-order valence-electron chi connectivity index (χ3n) is 10.3. The lowest BCUT2D eigenvalue weighted by molar-refractivity contribution is 0.413. The number of H-pyrrole nitrogens is 1. The molecule has 48 heavy (non-hydrogen) atoms. The van der Waals surface area contributed by atoms with Crippen molar-refractivity contribution in [1.82, 2.24) is 19.1 Å². The molecule has 0 radical (unpaired) electrons. The zero-order chi connectivity index (χ0) is 34.2. The molecule has 244 valence electrons. The molecule has 4 heterocycles. The van der Waals surface area contributed by atoms with Crippen LogP contribution in [-0.2, 0) is 23.9 Å². The van der Waals surface area contributed by atoms with Crippen molar-refractivity contribution in [1.29, 1.82) is 0 Å². The van der Waals surface area contributed by atoms with Crippen molar-refractivity contribution in [3.05, 3.63) is 78.6 Å². The second-order valence-electron chi connectivity index (χ2n) is 15.5. The number of benzene rings is 4. The maximum absolute atomic E-state index is 14.6. The summed E-state index contributed by atoms with van der Waals surface area (Å²) in [5, 5.41) is 17.2. The maximum Gasteiger partial charge on any atom is 0.263 e. The molecule has 0 aliphatic carbocycles. The van der Waals surface area contributed by atoms with Gasteiger partial charge in [-0.2, -0.15) is 0 Å². The quantitative estimate of drug-likeness (QED) is 0.189. The first kappa shape index (κ1) is 30.4. The highest BCUT2D eigenvalue weighted by Crippen LogP contribution is 2.48. The molecule has 8 aromatic rings. The third-order valence-corrected chi connectivity index (χ3v) is 10.3. The van der Waals surface area contributed by atoms with Gasteiger partial charge in [-0.1, -0.05) is 79.7 Å². The molecule has 0 atom stereocenters. The molecule has 2 N–H and O–H groups in total. The second-order valence-corrected chi connectivity index (χ2v) is 15.5. The maximum atomic E-state index is 14.6. The van der Waals surface area contributed by atoms with Gasteiger partial charge >= 0.3 is 0 Å². The van der Waals surface area contributed by atoms with Crippen LogP contribution in [0.2, 0.25) is 0 Å². The molecule has 0 unspecified atom stereocenters. The van der Waals surface area contributed by atoms with Crippen LogP contribution in [0.4, 0.5) is 0 Å². The Bertz CT molecular complexity index is 2810. The van der Waals surface area contributed by atoms with Crippen LogP contribution in [-0.4, -0.2) is 24.2 Å². The molecule has 8 nitrogen and oxygen atoms in total. The summed E-state index contributed by atoms with van der Waals surface area (Å²) in [4.78, 5) is 52.5. The Kier molecular flexibility index (Phi) is 6.19. The van der Waals surface area contributed by atoms with Gasteiger partial charge in [-0.3, -0.25) is 23.5 Å². The number of rotatable bonds is 4. The van der Waals surface area contributed by atoms with Gasteiger partial charge in [0, 0.05) is 50.9 Å². The van der Waals surface area contributed by atoms with Gasteiger partial charge in [0.05, 0.1) is 38.1 Å². The van der Waals surface area contributed by atoms with Gasteiger partial charge in [0.25, 0.3) is 16.7 Å². The van der Waals surface area contributed by atoms with Crippen LogP contribution < -0.4 is 16.7 Å². The van der Waals surface area contributed by atoms with Crippen molar-refractivity contribution >= 4 is 75.9 Å². The fourth-order valence-corrected chi connectivity index (χ4v) is 7.84. The number of nitrogens with zero attached hydrogens (tertiary/aromatic N) is 3. The van der Waals surface area contributed by atoms with Crippen LogP contribution in [0.25, 0.3) is 75.9 Å². The molecule has 0 saturated carbocycles. The summed E-state index contributed by atoms with van der Waals surface area (Å²) >= 11 is 0. The lowest BCUT2D eigenvalue weighted by Crippen LogP contribution is -2.33. The Morgan fingerprint density at radius 2 is 1.19 bits per heavy atom.